The van der Waals surface area contributed by atoms with Gasteiger partial charge in [0.1, 0.15) is 5.75 Å². The molecule has 1 aromatic carbocycles. The molecular weight excluding hydrogens is 314 g/mol. The smallest absolute Gasteiger partial charge is 0.384 e. The quantitative estimate of drug-likeness (QED) is 0.111. The number of rotatable bonds is 6. The minimum atomic E-state index is -2.19. The van der Waals surface area contributed by atoms with Crippen molar-refractivity contribution in [3.8, 4) is 5.75 Å². The molecule has 1 aliphatic heterocycles. The van der Waals surface area contributed by atoms with Crippen LogP contribution in [-0.2, 0) is 14.4 Å². The number of hydrazone groups is 1. The SMILES string of the molecule is NN=Cc1ccc(OC(=O)C(=O)C(N)(C(N)=O)N2CCCC2)cc1. The van der Waals surface area contributed by atoms with Gasteiger partial charge in [-0.2, -0.15) is 5.10 Å². The lowest BCUT2D eigenvalue weighted by molar-refractivity contribution is -0.157. The molecule has 1 atom stereocenters. The van der Waals surface area contributed by atoms with Crippen LogP contribution < -0.4 is 22.0 Å². The maximum Gasteiger partial charge on any atom is 0.384 e. The zero-order valence-electron chi connectivity index (χ0n) is 13.0. The molecule has 1 aliphatic rings. The Labute approximate surface area is 138 Å². The summed E-state index contributed by atoms with van der Waals surface area (Å²) in [6, 6.07) is 6.10. The predicted molar refractivity (Wildman–Crippen MR) is 85.8 cm³/mol. The van der Waals surface area contributed by atoms with E-state index in [1.165, 1.54) is 23.2 Å². The average molecular weight is 333 g/mol. The van der Waals surface area contributed by atoms with Crippen LogP contribution in [0.1, 0.15) is 18.4 Å². The van der Waals surface area contributed by atoms with E-state index in [1.54, 1.807) is 12.1 Å². The fourth-order valence-electron chi connectivity index (χ4n) is 2.50. The van der Waals surface area contributed by atoms with Gasteiger partial charge in [0.25, 0.3) is 11.7 Å². The maximum atomic E-state index is 12.4. The number of hydrogen-bond acceptors (Lipinski definition) is 8. The van der Waals surface area contributed by atoms with Gasteiger partial charge in [-0.15, -0.1) is 0 Å². The fraction of sp³-hybridized carbons (Fsp3) is 0.333. The topological polar surface area (TPSA) is 154 Å². The van der Waals surface area contributed by atoms with Crippen LogP contribution in [0.3, 0.4) is 0 Å². The summed E-state index contributed by atoms with van der Waals surface area (Å²) in [5.41, 5.74) is 9.64. The summed E-state index contributed by atoms with van der Waals surface area (Å²) in [6.45, 7) is 0.817. The van der Waals surface area contributed by atoms with Crippen LogP contribution in [0.15, 0.2) is 29.4 Å². The van der Waals surface area contributed by atoms with Gasteiger partial charge in [-0.05, 0) is 42.7 Å². The molecule has 9 heteroatoms. The van der Waals surface area contributed by atoms with Crippen LogP contribution in [0.5, 0.6) is 5.75 Å². The maximum absolute atomic E-state index is 12.4. The van der Waals surface area contributed by atoms with E-state index >= 15 is 0 Å². The number of ketones is 1. The Balaban J connectivity index is 2.14. The number of likely N-dealkylation sites (tertiary alicyclic amines) is 1. The van der Waals surface area contributed by atoms with E-state index in [0.29, 0.717) is 18.7 Å². The lowest BCUT2D eigenvalue weighted by atomic mass is 10.0. The van der Waals surface area contributed by atoms with Gasteiger partial charge in [0.05, 0.1) is 6.21 Å². The number of ether oxygens (including phenoxy) is 1. The molecule has 128 valence electrons. The Morgan fingerprint density at radius 3 is 2.25 bits per heavy atom. The summed E-state index contributed by atoms with van der Waals surface area (Å²) in [5.74, 6) is 1.63. The van der Waals surface area contributed by atoms with Gasteiger partial charge in [-0.3, -0.25) is 20.2 Å². The third-order valence-corrected chi connectivity index (χ3v) is 3.83. The Morgan fingerprint density at radius 2 is 1.75 bits per heavy atom. The highest BCUT2D eigenvalue weighted by Crippen LogP contribution is 2.20. The second-order valence-electron chi connectivity index (χ2n) is 5.39. The number of carbonyl (C=O) groups is 3. The molecule has 1 heterocycles. The monoisotopic (exact) mass is 333 g/mol. The Kier molecular flexibility index (Phi) is 5.27. The van der Waals surface area contributed by atoms with Gasteiger partial charge < -0.3 is 16.3 Å². The van der Waals surface area contributed by atoms with Crippen molar-refractivity contribution in [3.05, 3.63) is 29.8 Å². The highest BCUT2D eigenvalue weighted by molar-refractivity contribution is 6.42. The molecule has 1 aromatic rings. The zero-order valence-corrected chi connectivity index (χ0v) is 13.0. The molecule has 0 bridgehead atoms. The Bertz CT molecular complexity index is 667. The van der Waals surface area contributed by atoms with Gasteiger partial charge in [0, 0.05) is 13.1 Å². The van der Waals surface area contributed by atoms with Crippen molar-refractivity contribution in [1.82, 2.24) is 4.90 Å². The predicted octanol–water partition coefficient (Wildman–Crippen LogP) is -1.31. The van der Waals surface area contributed by atoms with E-state index in [4.69, 9.17) is 22.0 Å². The third kappa shape index (κ3) is 3.42. The van der Waals surface area contributed by atoms with Gasteiger partial charge in [0.2, 0.25) is 5.66 Å². The highest BCUT2D eigenvalue weighted by atomic mass is 16.5. The minimum Gasteiger partial charge on any atom is -0.421 e. The number of hydrogen-bond donors (Lipinski definition) is 3. The van der Waals surface area contributed by atoms with Crippen LogP contribution in [0.2, 0.25) is 0 Å². The summed E-state index contributed by atoms with van der Waals surface area (Å²) in [7, 11) is 0. The number of esters is 1. The molecular formula is C15H19N5O4. The molecule has 1 amide bonds. The second kappa shape index (κ2) is 7.20. The molecule has 0 radical (unpaired) electrons. The van der Waals surface area contributed by atoms with Crippen LogP contribution in [0.4, 0.5) is 0 Å². The van der Waals surface area contributed by atoms with Crippen molar-refractivity contribution in [2.24, 2.45) is 22.4 Å². The number of benzene rings is 1. The molecule has 0 spiro atoms. The first kappa shape index (κ1) is 17.6. The molecule has 2 rings (SSSR count). The lowest BCUT2D eigenvalue weighted by Gasteiger charge is -2.32. The molecule has 0 aliphatic carbocycles. The van der Waals surface area contributed by atoms with Crippen LogP contribution in [-0.4, -0.2) is 47.5 Å². The summed E-state index contributed by atoms with van der Waals surface area (Å²) in [5, 5.41) is 3.36. The van der Waals surface area contributed by atoms with Crippen molar-refractivity contribution >= 4 is 23.9 Å². The van der Waals surface area contributed by atoms with Crippen molar-refractivity contribution in [2.75, 3.05) is 13.1 Å². The summed E-state index contributed by atoms with van der Waals surface area (Å²) < 4.78 is 4.99. The van der Waals surface area contributed by atoms with Crippen molar-refractivity contribution in [1.29, 1.82) is 0 Å². The standard InChI is InChI=1S/C15H19N5O4/c16-14(23)15(17,20-7-1-2-8-20)12(21)13(22)24-11-5-3-10(4-6-11)9-19-18/h3-6,9H,1-2,7-8,17-18H2,(H2,16,23). The molecule has 1 unspecified atom stereocenters. The largest absolute Gasteiger partial charge is 0.421 e. The Hall–Kier alpha value is -2.78. The second-order valence-corrected chi connectivity index (χ2v) is 5.39. The van der Waals surface area contributed by atoms with Crippen LogP contribution in [0, 0.1) is 0 Å². The molecule has 1 saturated heterocycles. The van der Waals surface area contributed by atoms with Gasteiger partial charge in [0.15, 0.2) is 0 Å². The molecule has 1 fully saturated rings. The zero-order chi connectivity index (χ0) is 17.7. The number of nitrogens with two attached hydrogens (primary N) is 3. The summed E-state index contributed by atoms with van der Waals surface area (Å²) in [6.07, 6.45) is 2.93. The van der Waals surface area contributed by atoms with Crippen molar-refractivity contribution in [3.63, 3.8) is 0 Å². The van der Waals surface area contributed by atoms with Gasteiger partial charge >= 0.3 is 5.97 Å². The van der Waals surface area contributed by atoms with Gasteiger partial charge in [-0.1, -0.05) is 0 Å². The van der Waals surface area contributed by atoms with Gasteiger partial charge in [-0.25, -0.2) is 4.79 Å². The van der Waals surface area contributed by atoms with E-state index in [9.17, 15) is 14.4 Å². The first-order valence-electron chi connectivity index (χ1n) is 7.33. The Morgan fingerprint density at radius 1 is 1.17 bits per heavy atom. The number of Topliss-reactive ketones (excluding diaryl/α,β-unsaturated/α-hetero) is 1. The summed E-state index contributed by atoms with van der Waals surface area (Å²) >= 11 is 0. The molecule has 9 nitrogen and oxygen atoms in total. The van der Waals surface area contributed by atoms with E-state index in [0.717, 1.165) is 12.8 Å². The molecule has 6 N–H and O–H groups in total. The molecule has 24 heavy (non-hydrogen) atoms. The normalized spacial score (nSPS) is 17.5. The first-order valence-corrected chi connectivity index (χ1v) is 7.33. The highest BCUT2D eigenvalue weighted by Gasteiger charge is 2.50. The third-order valence-electron chi connectivity index (χ3n) is 3.83. The van der Waals surface area contributed by atoms with E-state index < -0.39 is 23.3 Å². The van der Waals surface area contributed by atoms with E-state index in [1.807, 2.05) is 0 Å². The van der Waals surface area contributed by atoms with E-state index in [2.05, 4.69) is 5.10 Å². The minimum absolute atomic E-state index is 0.121. The molecule has 0 saturated carbocycles. The van der Waals surface area contributed by atoms with Crippen molar-refractivity contribution < 1.29 is 19.1 Å². The first-order chi connectivity index (χ1) is 11.4. The number of carbonyl (C=O) groups excluding carboxylic acids is 3. The van der Waals surface area contributed by atoms with Crippen LogP contribution in [0.25, 0.3) is 0 Å². The summed E-state index contributed by atoms with van der Waals surface area (Å²) in [4.78, 5) is 37.6. The number of nitrogens with zero attached hydrogens (tertiary/aromatic N) is 2. The fourth-order valence-corrected chi connectivity index (χ4v) is 2.50. The van der Waals surface area contributed by atoms with E-state index in [-0.39, 0.29) is 5.75 Å². The lowest BCUT2D eigenvalue weighted by Crippen LogP contribution is -2.70. The average Bonchev–Trinajstić information content (AvgIpc) is 3.10. The van der Waals surface area contributed by atoms with Crippen molar-refractivity contribution in [2.45, 2.75) is 18.5 Å². The number of primary amides is 1. The van der Waals surface area contributed by atoms with Crippen LogP contribution >= 0.6 is 0 Å². The number of amides is 1. The molecule has 0 aromatic heterocycles.